The molecular weight excluding hydrogens is 622 g/mol. The van der Waals surface area contributed by atoms with E-state index in [9.17, 15) is 66.9 Å². The van der Waals surface area contributed by atoms with Gasteiger partial charge in [0.1, 0.15) is 24.4 Å². The number of aliphatic carboxylic acids is 1. The van der Waals surface area contributed by atoms with Crippen LogP contribution in [0.3, 0.4) is 0 Å². The highest BCUT2D eigenvalue weighted by atomic mass is 32.3. The summed E-state index contributed by atoms with van der Waals surface area (Å²) in [5, 5.41) is 21.9. The lowest BCUT2D eigenvalue weighted by molar-refractivity contribution is -0.339. The summed E-state index contributed by atoms with van der Waals surface area (Å²) in [5.41, 5.74) is 0. The predicted octanol–water partition coefficient (Wildman–Crippen LogP) is -7.42. The highest BCUT2D eigenvalue weighted by molar-refractivity contribution is 7.83. The third-order valence-electron chi connectivity index (χ3n) is 4.66. The number of nitrogens with one attached hydrogen (secondary N) is 1. The summed E-state index contributed by atoms with van der Waals surface area (Å²) < 4.78 is 161. The third kappa shape index (κ3) is 10.7. The van der Waals surface area contributed by atoms with Gasteiger partial charge >= 0.3 is 0 Å². The molecule has 2 fully saturated rings. The summed E-state index contributed by atoms with van der Waals surface area (Å²) in [6.45, 7) is -2.31. The first-order valence-electron chi connectivity index (χ1n) is 9.47. The Hall–Kier alpha value is -1.21. The van der Waals surface area contributed by atoms with Crippen molar-refractivity contribution in [2.45, 2.75) is 55.4 Å². The van der Waals surface area contributed by atoms with E-state index in [1.54, 1.807) is 0 Å². The molecule has 0 amide bonds. The van der Waals surface area contributed by atoms with Crippen molar-refractivity contribution < 1.29 is 93.6 Å². The lowest BCUT2D eigenvalue weighted by Gasteiger charge is -2.46. The number of carboxylic acid groups (broad SMARTS) is 1. The van der Waals surface area contributed by atoms with Gasteiger partial charge in [0, 0.05) is 6.42 Å². The van der Waals surface area contributed by atoms with Gasteiger partial charge in [0.2, 0.25) is 31.2 Å². The number of carboxylic acids is 1. The molecular formula is C12H16NO21S4-5. The van der Waals surface area contributed by atoms with E-state index < -0.39 is 116 Å². The van der Waals surface area contributed by atoms with Crippen molar-refractivity contribution in [3.8, 4) is 0 Å². The van der Waals surface area contributed by atoms with Crippen LogP contribution in [0, 0.1) is 0 Å². The maximum Gasteiger partial charge on any atom is 0.218 e. The fraction of sp³-hybridized carbons (Fsp3) is 0.917. The molecule has 2 saturated heterocycles. The van der Waals surface area contributed by atoms with Crippen molar-refractivity contribution in [1.82, 2.24) is 4.72 Å². The molecule has 38 heavy (non-hydrogen) atoms. The highest BCUT2D eigenvalue weighted by Crippen LogP contribution is 2.30. The highest BCUT2D eigenvalue weighted by Gasteiger charge is 2.49. The maximum absolute atomic E-state index is 11.5. The Balaban J connectivity index is 2.49. The summed E-state index contributed by atoms with van der Waals surface area (Å²) in [6, 6.07) is -2.37. The van der Waals surface area contributed by atoms with Gasteiger partial charge in [-0.2, -0.15) is 0 Å². The first kappa shape index (κ1) is 33.0. The second-order valence-electron chi connectivity index (χ2n) is 7.40. The summed E-state index contributed by atoms with van der Waals surface area (Å²) in [6.07, 6.45) is -16.9. The van der Waals surface area contributed by atoms with Crippen LogP contribution < -0.4 is 9.83 Å². The van der Waals surface area contributed by atoms with Crippen LogP contribution in [-0.4, -0.2) is 125 Å². The standard InChI is InChI=1S/C12H21NO21S4/c14-8-6(34-38(26,27)28)3-29-10(11(15)16)9(8)32-12-7(13-35(17,18)19)5(33-37(23,24)25)1-4(31-12)2-30-36(20,21)22/h4-10,12-14H,1-3H2,(H,15,16)(H,17,18,19)(H,20,21,22)(H,23,24,25)(H,26,27,28)/p-5/t4?,5-,6?,7?,8+,9+,10?,12-/m0/s1. The van der Waals surface area contributed by atoms with Gasteiger partial charge < -0.3 is 47.4 Å². The number of carbonyl (C=O) groups excluding carboxylic acids is 1. The van der Waals surface area contributed by atoms with Crippen LogP contribution in [-0.2, 0) is 73.1 Å². The third-order valence-corrected chi connectivity index (χ3v) is 6.61. The first-order valence-corrected chi connectivity index (χ1v) is 14.9. The summed E-state index contributed by atoms with van der Waals surface area (Å²) in [7, 11) is -22.3. The van der Waals surface area contributed by atoms with E-state index in [2.05, 4.69) is 12.5 Å². The molecule has 0 radical (unpaired) electrons. The predicted molar refractivity (Wildman–Crippen MR) is 100 cm³/mol. The molecule has 4 unspecified atom stereocenters. The van der Waals surface area contributed by atoms with Gasteiger partial charge in [0.05, 0.1) is 37.4 Å². The quantitative estimate of drug-likeness (QED) is 0.148. The summed E-state index contributed by atoms with van der Waals surface area (Å²) >= 11 is 0. The van der Waals surface area contributed by atoms with Crippen molar-refractivity contribution in [2.24, 2.45) is 0 Å². The van der Waals surface area contributed by atoms with Crippen molar-refractivity contribution in [1.29, 1.82) is 0 Å². The Morgan fingerprint density at radius 1 is 0.921 bits per heavy atom. The average molecular weight is 639 g/mol. The second kappa shape index (κ2) is 12.1. The minimum Gasteiger partial charge on any atom is -0.735 e. The first-order chi connectivity index (χ1) is 17.0. The van der Waals surface area contributed by atoms with Gasteiger partial charge in [-0.3, -0.25) is 12.5 Å². The Kier molecular flexibility index (Phi) is 10.5. The molecule has 0 saturated carbocycles. The molecule has 2 rings (SSSR count). The van der Waals surface area contributed by atoms with E-state index in [1.807, 2.05) is 0 Å². The normalized spacial score (nSPS) is 33.6. The lowest BCUT2D eigenvalue weighted by Crippen LogP contribution is -2.65. The van der Waals surface area contributed by atoms with Crippen LogP contribution in [0.1, 0.15) is 6.42 Å². The van der Waals surface area contributed by atoms with Crippen LogP contribution >= 0.6 is 0 Å². The van der Waals surface area contributed by atoms with Crippen LogP contribution in [0.4, 0.5) is 0 Å². The SMILES string of the molecule is O=C([O-])C1OCC(OS(=O)(=O)[O-])[C@@H](O)[C@H]1O[C@@H]1OC(COS(=O)(=O)[O-])C[C@H](OS(=O)(=O)[O-])C1NS(=O)(=O)[O-]. The van der Waals surface area contributed by atoms with Gasteiger partial charge in [-0.1, -0.05) is 0 Å². The largest absolute Gasteiger partial charge is 0.735 e. The Morgan fingerprint density at radius 3 is 1.95 bits per heavy atom. The van der Waals surface area contributed by atoms with E-state index in [1.165, 1.54) is 4.72 Å². The van der Waals surface area contributed by atoms with Crippen LogP contribution in [0.5, 0.6) is 0 Å². The maximum atomic E-state index is 11.5. The van der Waals surface area contributed by atoms with E-state index in [0.29, 0.717) is 0 Å². The van der Waals surface area contributed by atoms with Crippen molar-refractivity contribution in [2.75, 3.05) is 13.2 Å². The Labute approximate surface area is 214 Å². The van der Waals surface area contributed by atoms with Crippen molar-refractivity contribution >= 4 is 47.5 Å². The number of carbonyl (C=O) groups is 1. The van der Waals surface area contributed by atoms with Gasteiger partial charge in [-0.05, 0) is 0 Å². The molecule has 224 valence electrons. The number of hydrogen-bond donors (Lipinski definition) is 2. The molecule has 8 atom stereocenters. The molecule has 2 aliphatic rings. The molecule has 0 spiro atoms. The van der Waals surface area contributed by atoms with E-state index in [4.69, 9.17) is 14.2 Å². The smallest absolute Gasteiger partial charge is 0.218 e. The molecule has 0 aromatic rings. The minimum atomic E-state index is -5.72. The Morgan fingerprint density at radius 2 is 1.47 bits per heavy atom. The van der Waals surface area contributed by atoms with Gasteiger partial charge in [-0.25, -0.2) is 38.4 Å². The van der Waals surface area contributed by atoms with E-state index in [0.717, 1.165) is 0 Å². The number of aliphatic hydroxyl groups is 1. The molecule has 26 heteroatoms. The number of aliphatic hydroxyl groups excluding tert-OH is 1. The molecule has 2 N–H and O–H groups in total. The van der Waals surface area contributed by atoms with Crippen molar-refractivity contribution in [3.05, 3.63) is 0 Å². The van der Waals surface area contributed by atoms with Crippen LogP contribution in [0.2, 0.25) is 0 Å². The zero-order valence-electron chi connectivity index (χ0n) is 18.0. The number of ether oxygens (including phenoxy) is 3. The number of hydrogen-bond acceptors (Lipinski definition) is 21. The topological polar surface area (TPSA) is 357 Å². The van der Waals surface area contributed by atoms with Crippen LogP contribution in [0.15, 0.2) is 0 Å². The molecule has 0 aromatic heterocycles. The van der Waals surface area contributed by atoms with Crippen molar-refractivity contribution in [3.63, 3.8) is 0 Å². The second-order valence-corrected chi connectivity index (χ2v) is 11.6. The monoisotopic (exact) mass is 638 g/mol. The van der Waals surface area contributed by atoms with Crippen LogP contribution in [0.25, 0.3) is 0 Å². The lowest BCUT2D eigenvalue weighted by atomic mass is 9.98. The van der Waals surface area contributed by atoms with E-state index >= 15 is 0 Å². The Bertz CT molecular complexity index is 1280. The molecule has 2 aliphatic heterocycles. The van der Waals surface area contributed by atoms with Gasteiger partial charge in [0.15, 0.2) is 16.6 Å². The number of rotatable bonds is 12. The molecule has 22 nitrogen and oxygen atoms in total. The average Bonchev–Trinajstić information content (AvgIpc) is 2.68. The molecule has 2 heterocycles. The molecule has 0 bridgehead atoms. The zero-order valence-corrected chi connectivity index (χ0v) is 21.3. The minimum absolute atomic E-state index is 0.974. The zero-order chi connectivity index (χ0) is 29.3. The summed E-state index contributed by atoms with van der Waals surface area (Å²) in [5.74, 6) is -2.15. The van der Waals surface area contributed by atoms with E-state index in [-0.39, 0.29) is 0 Å². The molecule has 0 aromatic carbocycles. The molecule has 0 aliphatic carbocycles. The fourth-order valence-corrected chi connectivity index (χ4v) is 5.26. The van der Waals surface area contributed by atoms with Gasteiger partial charge in [0.25, 0.3) is 0 Å². The summed E-state index contributed by atoms with van der Waals surface area (Å²) in [4.78, 5) is 11.5. The fourth-order valence-electron chi connectivity index (χ4n) is 3.37. The van der Waals surface area contributed by atoms with Gasteiger partial charge in [-0.15, -0.1) is 0 Å².